The molecular weight excluding hydrogens is 266 g/mol. The molecule has 1 aliphatic heterocycles. The predicted molar refractivity (Wildman–Crippen MR) is 79.7 cm³/mol. The van der Waals surface area contributed by atoms with E-state index < -0.39 is 0 Å². The SMILES string of the molecule is O=C(NCc1ccccc1)c1ccc2c(c1)OCCCO2. The van der Waals surface area contributed by atoms with Crippen LogP contribution in [-0.4, -0.2) is 19.1 Å². The standard InChI is InChI=1S/C17H17NO3/c19-17(18-12-13-5-2-1-3-6-13)14-7-8-15-16(11-14)21-10-4-9-20-15/h1-3,5-8,11H,4,9-10,12H2,(H,18,19). The second-order valence-corrected chi connectivity index (χ2v) is 4.88. The third-order valence-electron chi connectivity index (χ3n) is 3.31. The molecule has 0 saturated carbocycles. The minimum Gasteiger partial charge on any atom is -0.490 e. The minimum absolute atomic E-state index is 0.116. The van der Waals surface area contributed by atoms with Crippen LogP contribution in [0.5, 0.6) is 11.5 Å². The summed E-state index contributed by atoms with van der Waals surface area (Å²) >= 11 is 0. The first kappa shape index (κ1) is 13.5. The Labute approximate surface area is 123 Å². The largest absolute Gasteiger partial charge is 0.490 e. The number of amides is 1. The van der Waals surface area contributed by atoms with Gasteiger partial charge in [-0.15, -0.1) is 0 Å². The van der Waals surface area contributed by atoms with Gasteiger partial charge in [0.15, 0.2) is 11.5 Å². The smallest absolute Gasteiger partial charge is 0.251 e. The Bertz CT molecular complexity index is 625. The zero-order valence-electron chi connectivity index (χ0n) is 11.7. The summed E-state index contributed by atoms with van der Waals surface area (Å²) in [6.07, 6.45) is 0.851. The van der Waals surface area contributed by atoms with E-state index in [0.29, 0.717) is 36.8 Å². The van der Waals surface area contributed by atoms with Gasteiger partial charge in [-0.25, -0.2) is 0 Å². The molecule has 1 aliphatic rings. The van der Waals surface area contributed by atoms with Gasteiger partial charge in [0.05, 0.1) is 13.2 Å². The van der Waals surface area contributed by atoms with Crippen molar-refractivity contribution >= 4 is 5.91 Å². The van der Waals surface area contributed by atoms with Crippen LogP contribution in [0.3, 0.4) is 0 Å². The van der Waals surface area contributed by atoms with Gasteiger partial charge in [0.2, 0.25) is 0 Å². The third-order valence-corrected chi connectivity index (χ3v) is 3.31. The molecule has 3 rings (SSSR count). The second kappa shape index (κ2) is 6.31. The summed E-state index contributed by atoms with van der Waals surface area (Å²) < 4.78 is 11.2. The molecule has 4 heteroatoms. The number of benzene rings is 2. The number of carbonyl (C=O) groups excluding carboxylic acids is 1. The van der Waals surface area contributed by atoms with Crippen LogP contribution >= 0.6 is 0 Å². The summed E-state index contributed by atoms with van der Waals surface area (Å²) in [6.45, 7) is 1.77. The van der Waals surface area contributed by atoms with Crippen LogP contribution in [0, 0.1) is 0 Å². The zero-order valence-corrected chi connectivity index (χ0v) is 11.7. The fraction of sp³-hybridized carbons (Fsp3) is 0.235. The van der Waals surface area contributed by atoms with Crippen molar-refractivity contribution in [1.82, 2.24) is 5.32 Å². The van der Waals surface area contributed by atoms with Crippen LogP contribution in [0.4, 0.5) is 0 Å². The molecule has 2 aromatic carbocycles. The van der Waals surface area contributed by atoms with Gasteiger partial charge in [-0.2, -0.15) is 0 Å². The van der Waals surface area contributed by atoms with E-state index in [1.54, 1.807) is 18.2 Å². The Kier molecular flexibility index (Phi) is 4.05. The van der Waals surface area contributed by atoms with Crippen molar-refractivity contribution in [3.63, 3.8) is 0 Å². The molecule has 0 bridgehead atoms. The fourth-order valence-electron chi connectivity index (χ4n) is 2.18. The normalized spacial score (nSPS) is 13.3. The first-order valence-corrected chi connectivity index (χ1v) is 7.05. The van der Waals surface area contributed by atoms with Crippen LogP contribution in [-0.2, 0) is 6.54 Å². The molecular formula is C17H17NO3. The van der Waals surface area contributed by atoms with E-state index in [4.69, 9.17) is 9.47 Å². The molecule has 21 heavy (non-hydrogen) atoms. The Morgan fingerprint density at radius 3 is 2.57 bits per heavy atom. The molecule has 4 nitrogen and oxygen atoms in total. The van der Waals surface area contributed by atoms with Crippen LogP contribution in [0.2, 0.25) is 0 Å². The third kappa shape index (κ3) is 3.34. The van der Waals surface area contributed by atoms with Crippen LogP contribution < -0.4 is 14.8 Å². The van der Waals surface area contributed by atoms with E-state index in [1.165, 1.54) is 0 Å². The van der Waals surface area contributed by atoms with Gasteiger partial charge < -0.3 is 14.8 Å². The first-order chi connectivity index (χ1) is 10.3. The number of rotatable bonds is 3. The molecule has 0 atom stereocenters. The molecule has 0 spiro atoms. The van der Waals surface area contributed by atoms with Gasteiger partial charge in [0.1, 0.15) is 0 Å². The van der Waals surface area contributed by atoms with Crippen LogP contribution in [0.15, 0.2) is 48.5 Å². The molecule has 0 aliphatic carbocycles. The maximum atomic E-state index is 12.2. The van der Waals surface area contributed by atoms with Crippen LogP contribution in [0.25, 0.3) is 0 Å². The van der Waals surface area contributed by atoms with E-state index in [-0.39, 0.29) is 5.91 Å². The zero-order chi connectivity index (χ0) is 14.5. The summed E-state index contributed by atoms with van der Waals surface area (Å²) in [5.74, 6) is 1.22. The van der Waals surface area contributed by atoms with Crippen molar-refractivity contribution in [1.29, 1.82) is 0 Å². The Morgan fingerprint density at radius 2 is 1.76 bits per heavy atom. The molecule has 0 fully saturated rings. The second-order valence-electron chi connectivity index (χ2n) is 4.88. The average Bonchev–Trinajstić information content (AvgIpc) is 2.78. The first-order valence-electron chi connectivity index (χ1n) is 7.05. The highest BCUT2D eigenvalue weighted by Crippen LogP contribution is 2.30. The van der Waals surface area contributed by atoms with Crippen LogP contribution in [0.1, 0.15) is 22.3 Å². The predicted octanol–water partition coefficient (Wildman–Crippen LogP) is 2.78. The van der Waals surface area contributed by atoms with Gasteiger partial charge in [-0.05, 0) is 23.8 Å². The number of nitrogens with one attached hydrogen (secondary N) is 1. The molecule has 1 N–H and O–H groups in total. The molecule has 1 amide bonds. The fourth-order valence-corrected chi connectivity index (χ4v) is 2.18. The lowest BCUT2D eigenvalue weighted by atomic mass is 10.1. The summed E-state index contributed by atoms with van der Waals surface area (Å²) in [4.78, 5) is 12.2. The maximum absolute atomic E-state index is 12.2. The monoisotopic (exact) mass is 283 g/mol. The summed E-state index contributed by atoms with van der Waals surface area (Å²) in [5, 5.41) is 2.90. The molecule has 0 unspecified atom stereocenters. The molecule has 0 radical (unpaired) electrons. The number of hydrogen-bond acceptors (Lipinski definition) is 3. The topological polar surface area (TPSA) is 47.6 Å². The maximum Gasteiger partial charge on any atom is 0.251 e. The van der Waals surface area contributed by atoms with Gasteiger partial charge in [0.25, 0.3) is 5.91 Å². The average molecular weight is 283 g/mol. The van der Waals surface area contributed by atoms with Gasteiger partial charge in [-0.1, -0.05) is 30.3 Å². The van der Waals surface area contributed by atoms with Gasteiger partial charge in [-0.3, -0.25) is 4.79 Å². The number of fused-ring (bicyclic) bond motifs is 1. The van der Waals surface area contributed by atoms with Crippen molar-refractivity contribution < 1.29 is 14.3 Å². The molecule has 0 aromatic heterocycles. The van der Waals surface area contributed by atoms with Crippen molar-refractivity contribution in [2.75, 3.05) is 13.2 Å². The van der Waals surface area contributed by atoms with Crippen molar-refractivity contribution in [2.45, 2.75) is 13.0 Å². The Hall–Kier alpha value is -2.49. The number of hydrogen-bond donors (Lipinski definition) is 1. The lowest BCUT2D eigenvalue weighted by Gasteiger charge is -2.10. The molecule has 1 heterocycles. The van der Waals surface area contributed by atoms with E-state index >= 15 is 0 Å². The summed E-state index contributed by atoms with van der Waals surface area (Å²) in [7, 11) is 0. The molecule has 2 aromatic rings. The number of carbonyl (C=O) groups is 1. The van der Waals surface area contributed by atoms with Gasteiger partial charge in [0, 0.05) is 18.5 Å². The molecule has 108 valence electrons. The highest BCUT2D eigenvalue weighted by molar-refractivity contribution is 5.94. The Balaban J connectivity index is 1.68. The van der Waals surface area contributed by atoms with E-state index in [0.717, 1.165) is 12.0 Å². The molecule has 0 saturated heterocycles. The minimum atomic E-state index is -0.116. The van der Waals surface area contributed by atoms with Crippen molar-refractivity contribution in [3.8, 4) is 11.5 Å². The summed E-state index contributed by atoms with van der Waals surface area (Å²) in [6, 6.07) is 15.1. The van der Waals surface area contributed by atoms with E-state index in [1.807, 2.05) is 30.3 Å². The lowest BCUT2D eigenvalue weighted by Crippen LogP contribution is -2.22. The quantitative estimate of drug-likeness (QED) is 0.942. The highest BCUT2D eigenvalue weighted by atomic mass is 16.5. The van der Waals surface area contributed by atoms with E-state index in [2.05, 4.69) is 5.32 Å². The number of ether oxygens (including phenoxy) is 2. The van der Waals surface area contributed by atoms with Crippen molar-refractivity contribution in [2.24, 2.45) is 0 Å². The highest BCUT2D eigenvalue weighted by Gasteiger charge is 2.13. The lowest BCUT2D eigenvalue weighted by molar-refractivity contribution is 0.0950. The summed E-state index contributed by atoms with van der Waals surface area (Å²) in [5.41, 5.74) is 1.65. The Morgan fingerprint density at radius 1 is 1.00 bits per heavy atom. The van der Waals surface area contributed by atoms with E-state index in [9.17, 15) is 4.79 Å². The van der Waals surface area contributed by atoms with Gasteiger partial charge >= 0.3 is 0 Å². The van der Waals surface area contributed by atoms with Crippen molar-refractivity contribution in [3.05, 3.63) is 59.7 Å².